The minimum atomic E-state index is -0.562. The summed E-state index contributed by atoms with van der Waals surface area (Å²) in [6.07, 6.45) is 1.66. The van der Waals surface area contributed by atoms with Crippen molar-refractivity contribution in [2.24, 2.45) is 0 Å². The maximum absolute atomic E-state index is 13.8. The van der Waals surface area contributed by atoms with Crippen molar-refractivity contribution in [3.63, 3.8) is 0 Å². The predicted octanol–water partition coefficient (Wildman–Crippen LogP) is 5.15. The minimum Gasteiger partial charge on any atom is -0.468 e. The fourth-order valence-corrected chi connectivity index (χ4v) is 5.03. The van der Waals surface area contributed by atoms with Crippen LogP contribution in [0.2, 0.25) is 0 Å². The number of furan rings is 1. The molecule has 5 aromatic rings. The molecule has 0 aliphatic heterocycles. The van der Waals surface area contributed by atoms with Gasteiger partial charge in [0.15, 0.2) is 5.82 Å². The number of aromatic amines is 1. The van der Waals surface area contributed by atoms with Gasteiger partial charge in [0, 0.05) is 19.2 Å². The van der Waals surface area contributed by atoms with E-state index in [2.05, 4.69) is 70.4 Å². The number of ether oxygens (including phenoxy) is 1. The number of rotatable bonds is 10. The van der Waals surface area contributed by atoms with E-state index in [-0.39, 0.29) is 11.0 Å². The van der Waals surface area contributed by atoms with Crippen LogP contribution < -0.4 is 5.56 Å². The van der Waals surface area contributed by atoms with E-state index in [1.807, 2.05) is 43.3 Å². The average molecular weight is 541 g/mol. The molecule has 0 spiro atoms. The first-order chi connectivity index (χ1) is 19.2. The lowest BCUT2D eigenvalue weighted by Gasteiger charge is -2.30. The number of nitrogens with one attached hydrogen (secondary N) is 1. The molecule has 5 rings (SSSR count). The summed E-state index contributed by atoms with van der Waals surface area (Å²) in [6.45, 7) is 10.5. The highest BCUT2D eigenvalue weighted by atomic mass is 16.5. The lowest BCUT2D eigenvalue weighted by Crippen LogP contribution is -2.35. The van der Waals surface area contributed by atoms with E-state index < -0.39 is 6.04 Å². The normalized spacial score (nSPS) is 12.8. The van der Waals surface area contributed by atoms with Gasteiger partial charge in [0.2, 0.25) is 0 Å². The molecule has 3 aromatic heterocycles. The maximum atomic E-state index is 13.8. The van der Waals surface area contributed by atoms with Crippen molar-refractivity contribution in [2.45, 2.75) is 58.8 Å². The second-order valence-corrected chi connectivity index (χ2v) is 11.2. The molecule has 0 amide bonds. The van der Waals surface area contributed by atoms with Gasteiger partial charge in [0.1, 0.15) is 11.8 Å². The third-order valence-electron chi connectivity index (χ3n) is 7.23. The summed E-state index contributed by atoms with van der Waals surface area (Å²) >= 11 is 0. The second-order valence-electron chi connectivity index (χ2n) is 11.2. The van der Waals surface area contributed by atoms with Gasteiger partial charge in [-0.05, 0) is 63.0 Å². The van der Waals surface area contributed by atoms with E-state index in [0.717, 1.165) is 27.8 Å². The SMILES string of the molecule is COCCn1nnnc1C(c1cc2cccc(C)c2[nH]c1=O)N(Cc1ccc(C(C)(C)C)cc1)Cc1ccco1. The third-order valence-corrected chi connectivity index (χ3v) is 7.23. The molecule has 0 fully saturated rings. The Labute approximate surface area is 233 Å². The summed E-state index contributed by atoms with van der Waals surface area (Å²) in [4.78, 5) is 19.1. The quantitative estimate of drug-likeness (QED) is 0.261. The molecule has 40 heavy (non-hydrogen) atoms. The number of para-hydroxylation sites is 1. The van der Waals surface area contributed by atoms with E-state index in [4.69, 9.17) is 9.15 Å². The molecule has 0 saturated heterocycles. The third kappa shape index (κ3) is 5.90. The highest BCUT2D eigenvalue weighted by Gasteiger charge is 2.31. The van der Waals surface area contributed by atoms with E-state index in [1.165, 1.54) is 5.56 Å². The lowest BCUT2D eigenvalue weighted by atomic mass is 9.86. The number of aromatic nitrogens is 5. The fraction of sp³-hybridized carbons (Fsp3) is 0.355. The van der Waals surface area contributed by atoms with Gasteiger partial charge in [-0.15, -0.1) is 5.10 Å². The van der Waals surface area contributed by atoms with E-state index >= 15 is 0 Å². The summed E-state index contributed by atoms with van der Waals surface area (Å²) in [5.41, 5.74) is 4.63. The number of tetrazole rings is 1. The highest BCUT2D eigenvalue weighted by Crippen LogP contribution is 2.31. The van der Waals surface area contributed by atoms with Crippen LogP contribution in [-0.4, -0.2) is 43.8 Å². The number of hydrogen-bond donors (Lipinski definition) is 1. The first-order valence-electron chi connectivity index (χ1n) is 13.5. The lowest BCUT2D eigenvalue weighted by molar-refractivity contribution is 0.163. The maximum Gasteiger partial charge on any atom is 0.253 e. The smallest absolute Gasteiger partial charge is 0.253 e. The summed E-state index contributed by atoms with van der Waals surface area (Å²) in [7, 11) is 1.64. The minimum absolute atomic E-state index is 0.0505. The van der Waals surface area contributed by atoms with Crippen molar-refractivity contribution in [1.29, 1.82) is 0 Å². The molecule has 2 aromatic carbocycles. The second kappa shape index (κ2) is 11.6. The van der Waals surface area contributed by atoms with Crippen LogP contribution in [0.3, 0.4) is 0 Å². The summed E-state index contributed by atoms with van der Waals surface area (Å²) in [5.74, 6) is 1.34. The Morgan fingerprint density at radius 3 is 2.58 bits per heavy atom. The molecule has 0 bridgehead atoms. The van der Waals surface area contributed by atoms with E-state index in [0.29, 0.717) is 37.6 Å². The van der Waals surface area contributed by atoms with Crippen LogP contribution in [0, 0.1) is 6.92 Å². The van der Waals surface area contributed by atoms with Crippen LogP contribution in [0.15, 0.2) is 76.1 Å². The average Bonchev–Trinajstić information content (AvgIpc) is 3.61. The molecule has 1 atom stereocenters. The summed E-state index contributed by atoms with van der Waals surface area (Å²) < 4.78 is 12.8. The van der Waals surface area contributed by atoms with Crippen molar-refractivity contribution >= 4 is 10.9 Å². The molecule has 9 nitrogen and oxygen atoms in total. The van der Waals surface area contributed by atoms with E-state index in [9.17, 15) is 4.79 Å². The van der Waals surface area contributed by atoms with Gasteiger partial charge in [0.25, 0.3) is 5.56 Å². The zero-order valence-electron chi connectivity index (χ0n) is 23.7. The molecule has 208 valence electrons. The van der Waals surface area contributed by atoms with Gasteiger partial charge in [-0.2, -0.15) is 0 Å². The topological polar surface area (TPSA) is 102 Å². The molecular formula is C31H36N6O3. The Bertz CT molecular complexity index is 1610. The predicted molar refractivity (Wildman–Crippen MR) is 154 cm³/mol. The largest absolute Gasteiger partial charge is 0.468 e. The number of hydrogen-bond acceptors (Lipinski definition) is 7. The van der Waals surface area contributed by atoms with Crippen molar-refractivity contribution < 1.29 is 9.15 Å². The standard InChI is InChI=1S/C31H36N6O3/c1-21-8-6-9-23-18-26(30(38)32-27(21)23)28(29-33-34-35-37(29)15-17-39-5)36(20-25-10-7-16-40-25)19-22-11-13-24(14-12-22)31(2,3)4/h6-14,16,18,28H,15,17,19-20H2,1-5H3,(H,32,38). The van der Waals surface area contributed by atoms with Crippen molar-refractivity contribution in [2.75, 3.05) is 13.7 Å². The number of methoxy groups -OCH3 is 1. The van der Waals surface area contributed by atoms with Gasteiger partial charge in [0.05, 0.1) is 31.5 Å². The number of pyridine rings is 1. The molecule has 1 unspecified atom stereocenters. The van der Waals surface area contributed by atoms with E-state index in [1.54, 1.807) is 18.1 Å². The van der Waals surface area contributed by atoms with Crippen LogP contribution in [0.25, 0.3) is 10.9 Å². The Morgan fingerprint density at radius 1 is 1.07 bits per heavy atom. The van der Waals surface area contributed by atoms with Gasteiger partial charge in [-0.1, -0.05) is 63.2 Å². The van der Waals surface area contributed by atoms with Crippen LogP contribution in [0.4, 0.5) is 0 Å². The Balaban J connectivity index is 1.66. The van der Waals surface area contributed by atoms with Crippen molar-refractivity contribution in [1.82, 2.24) is 30.1 Å². The molecule has 0 radical (unpaired) electrons. The fourth-order valence-electron chi connectivity index (χ4n) is 5.03. The zero-order chi connectivity index (χ0) is 28.3. The molecular weight excluding hydrogens is 504 g/mol. The molecule has 0 aliphatic rings. The Hall–Kier alpha value is -4.08. The van der Waals surface area contributed by atoms with Crippen LogP contribution >= 0.6 is 0 Å². The number of nitrogens with zero attached hydrogens (tertiary/aromatic N) is 5. The van der Waals surface area contributed by atoms with Gasteiger partial charge >= 0.3 is 0 Å². The zero-order valence-corrected chi connectivity index (χ0v) is 23.7. The van der Waals surface area contributed by atoms with Gasteiger partial charge in [-0.25, -0.2) is 4.68 Å². The van der Waals surface area contributed by atoms with Crippen molar-refractivity contribution in [3.8, 4) is 0 Å². The van der Waals surface area contributed by atoms with Gasteiger partial charge < -0.3 is 14.1 Å². The summed E-state index contributed by atoms with van der Waals surface area (Å²) in [6, 6.07) is 19.8. The first kappa shape index (κ1) is 27.5. The monoisotopic (exact) mass is 540 g/mol. The first-order valence-corrected chi connectivity index (χ1v) is 13.5. The Kier molecular flexibility index (Phi) is 7.95. The Morgan fingerprint density at radius 2 is 1.88 bits per heavy atom. The number of fused-ring (bicyclic) bond motifs is 1. The van der Waals surface area contributed by atoms with Crippen LogP contribution in [-0.2, 0) is 29.8 Å². The molecule has 3 heterocycles. The molecule has 0 aliphatic carbocycles. The molecule has 1 N–H and O–H groups in total. The highest BCUT2D eigenvalue weighted by molar-refractivity contribution is 5.82. The number of aryl methyl sites for hydroxylation is 1. The molecule has 9 heteroatoms. The summed E-state index contributed by atoms with van der Waals surface area (Å²) in [5, 5.41) is 13.6. The van der Waals surface area contributed by atoms with Crippen LogP contribution in [0.1, 0.15) is 60.7 Å². The number of H-pyrrole nitrogens is 1. The van der Waals surface area contributed by atoms with Gasteiger partial charge in [-0.3, -0.25) is 9.69 Å². The molecule has 0 saturated carbocycles. The van der Waals surface area contributed by atoms with Crippen molar-refractivity contribution in [3.05, 3.63) is 111 Å². The van der Waals surface area contributed by atoms with Crippen LogP contribution in [0.5, 0.6) is 0 Å². The number of benzene rings is 2.